The molecule has 0 amide bonds. The van der Waals surface area contributed by atoms with Crippen molar-refractivity contribution in [3.05, 3.63) is 91.0 Å². The number of benzene rings is 3. The lowest BCUT2D eigenvalue weighted by atomic mass is 10.1. The van der Waals surface area contributed by atoms with Crippen molar-refractivity contribution in [1.29, 1.82) is 0 Å². The Morgan fingerprint density at radius 1 is 0.568 bits per heavy atom. The average molecular weight is 593 g/mol. The lowest BCUT2D eigenvalue weighted by molar-refractivity contribution is -0.381. The van der Waals surface area contributed by atoms with Crippen LogP contribution < -0.4 is 15.9 Å². The Morgan fingerprint density at radius 3 is 1.11 bits per heavy atom. The number of hydrogen-bond acceptors (Lipinski definition) is 2. The highest BCUT2D eigenvalue weighted by Gasteiger charge is 2.89. The predicted octanol–water partition coefficient (Wildman–Crippen LogP) is 6.61. The molecule has 0 heterocycles. The van der Waals surface area contributed by atoms with Crippen molar-refractivity contribution in [2.45, 2.75) is 23.7 Å². The molecular weight excluding hydrogens is 577 g/mol. The van der Waals surface area contributed by atoms with E-state index in [0.29, 0.717) is 0 Å². The summed E-state index contributed by atoms with van der Waals surface area (Å²) in [5.74, 6) is -14.6. The van der Waals surface area contributed by atoms with Crippen LogP contribution in [0, 0.1) is 0 Å². The summed E-state index contributed by atoms with van der Waals surface area (Å²) in [6.45, 7) is -9.97. The van der Waals surface area contributed by atoms with Crippen LogP contribution in [0.5, 0.6) is 0 Å². The Bertz CT molecular complexity index is 1230. The highest BCUT2D eigenvalue weighted by atomic mass is 32.9. The molecule has 15 heteroatoms. The molecule has 0 saturated carbocycles. The van der Waals surface area contributed by atoms with Gasteiger partial charge in [0.15, 0.2) is 6.95 Å². The first-order valence-electron chi connectivity index (χ1n) is 9.98. The van der Waals surface area contributed by atoms with Crippen molar-refractivity contribution in [3.63, 3.8) is 0 Å². The van der Waals surface area contributed by atoms with E-state index in [9.17, 15) is 43.7 Å². The number of rotatable bonds is 8. The number of alkyl halides is 9. The van der Waals surface area contributed by atoms with E-state index in [1.165, 1.54) is 54.6 Å². The third-order valence-electron chi connectivity index (χ3n) is 5.25. The smallest absolute Gasteiger partial charge is 0.280 e. The maximum atomic E-state index is 15.7. The fraction of sp³-hybridized carbons (Fsp3) is 0.182. The van der Waals surface area contributed by atoms with Gasteiger partial charge in [-0.05, 0) is 36.4 Å². The largest absolute Gasteiger partial charge is 0.460 e. The van der Waals surface area contributed by atoms with Gasteiger partial charge in [-0.15, -0.1) is 0 Å². The second-order valence-corrected chi connectivity index (χ2v) is 18.7. The monoisotopic (exact) mass is 593 g/mol. The maximum Gasteiger partial charge on any atom is 0.460 e. The van der Waals surface area contributed by atoms with E-state index in [1.807, 2.05) is 0 Å². The molecular formula is C22H16F9O3P2S+. The van der Waals surface area contributed by atoms with E-state index < -0.39 is 47.2 Å². The van der Waals surface area contributed by atoms with Crippen molar-refractivity contribution in [2.75, 3.05) is 0 Å². The molecule has 1 N–H and O–H groups in total. The van der Waals surface area contributed by atoms with Crippen LogP contribution in [-0.2, 0) is 9.74 Å². The van der Waals surface area contributed by atoms with Crippen LogP contribution in [0.25, 0.3) is 0 Å². The Balaban J connectivity index is 2.59. The van der Waals surface area contributed by atoms with Crippen molar-refractivity contribution < 1.29 is 52.5 Å². The second kappa shape index (κ2) is 9.84. The Hall–Kier alpha value is -2.20. The fourth-order valence-corrected chi connectivity index (χ4v) is 20.4. The molecule has 0 spiro atoms. The SMILES string of the molecule is O=S(=O)(O)P(C(F)(F)C(F)(F)C(F)(F)C(F)(F)F)[P+](c1ccccc1)(c1ccccc1)c1ccccc1. The van der Waals surface area contributed by atoms with Gasteiger partial charge in [-0.2, -0.15) is 47.9 Å². The summed E-state index contributed by atoms with van der Waals surface area (Å²) in [5, 5.41) is -1.12. The molecule has 0 aliphatic carbocycles. The topological polar surface area (TPSA) is 54.4 Å². The van der Waals surface area contributed by atoms with Crippen LogP contribution in [0.1, 0.15) is 0 Å². The third kappa shape index (κ3) is 4.75. The van der Waals surface area contributed by atoms with Crippen molar-refractivity contribution in [1.82, 2.24) is 0 Å². The van der Waals surface area contributed by atoms with Crippen LogP contribution >= 0.6 is 13.8 Å². The van der Waals surface area contributed by atoms with Gasteiger partial charge in [-0.3, -0.25) is 4.55 Å². The van der Waals surface area contributed by atoms with E-state index in [-0.39, 0.29) is 15.9 Å². The molecule has 3 aromatic carbocycles. The molecule has 3 nitrogen and oxygen atoms in total. The highest BCUT2D eigenvalue weighted by molar-refractivity contribution is 8.79. The summed E-state index contributed by atoms with van der Waals surface area (Å²) in [6, 6.07) is 17.7. The molecule has 0 aliphatic rings. The Morgan fingerprint density at radius 2 is 0.865 bits per heavy atom. The third-order valence-corrected chi connectivity index (χ3v) is 20.7. The summed E-state index contributed by atoms with van der Waals surface area (Å²) in [6.07, 6.45) is -7.17. The van der Waals surface area contributed by atoms with Crippen LogP contribution in [0.4, 0.5) is 39.5 Å². The van der Waals surface area contributed by atoms with Gasteiger partial charge in [0.05, 0.1) is 0 Å². The van der Waals surface area contributed by atoms with Crippen LogP contribution in [-0.4, -0.2) is 36.7 Å². The summed E-state index contributed by atoms with van der Waals surface area (Å²) >= 11 is 0. The van der Waals surface area contributed by atoms with E-state index >= 15 is 8.78 Å². The van der Waals surface area contributed by atoms with E-state index in [0.717, 1.165) is 36.4 Å². The molecule has 3 aromatic rings. The van der Waals surface area contributed by atoms with E-state index in [4.69, 9.17) is 0 Å². The van der Waals surface area contributed by atoms with Crippen LogP contribution in [0.3, 0.4) is 0 Å². The average Bonchev–Trinajstić information content (AvgIpc) is 2.82. The molecule has 3 rings (SSSR count). The van der Waals surface area contributed by atoms with Crippen LogP contribution in [0.2, 0.25) is 0 Å². The quantitative estimate of drug-likeness (QED) is 0.182. The van der Waals surface area contributed by atoms with Gasteiger partial charge in [0.2, 0.25) is 0 Å². The van der Waals surface area contributed by atoms with Gasteiger partial charge >= 0.3 is 40.2 Å². The molecule has 200 valence electrons. The molecule has 0 radical (unpaired) electrons. The molecule has 1 atom stereocenters. The summed E-state index contributed by atoms with van der Waals surface area (Å²) < 4.78 is 163. The van der Waals surface area contributed by atoms with Gasteiger partial charge in [-0.1, -0.05) is 54.6 Å². The van der Waals surface area contributed by atoms with Gasteiger partial charge in [0.1, 0.15) is 15.9 Å². The Labute approximate surface area is 206 Å². The summed E-state index contributed by atoms with van der Waals surface area (Å²) in [7, 11) is -6.43. The van der Waals surface area contributed by atoms with E-state index in [2.05, 4.69) is 0 Å². The zero-order chi connectivity index (χ0) is 27.9. The molecule has 0 bridgehead atoms. The first-order valence-corrected chi connectivity index (χ1v) is 15.9. The van der Waals surface area contributed by atoms with Gasteiger partial charge < -0.3 is 0 Å². The minimum Gasteiger partial charge on any atom is -0.280 e. The van der Waals surface area contributed by atoms with Crippen LogP contribution in [0.15, 0.2) is 91.0 Å². The predicted molar refractivity (Wildman–Crippen MR) is 125 cm³/mol. The van der Waals surface area contributed by atoms with Gasteiger partial charge in [-0.25, -0.2) is 0 Å². The first-order chi connectivity index (χ1) is 16.9. The minimum atomic E-state index is -7.35. The highest BCUT2D eigenvalue weighted by Crippen LogP contribution is 2.90. The van der Waals surface area contributed by atoms with Crippen molar-refractivity contribution in [3.8, 4) is 0 Å². The molecule has 1 unspecified atom stereocenters. The summed E-state index contributed by atoms with van der Waals surface area (Å²) in [4.78, 5) is 0. The van der Waals surface area contributed by atoms with E-state index in [1.54, 1.807) is 0 Å². The van der Waals surface area contributed by atoms with Crippen molar-refractivity contribution >= 4 is 39.4 Å². The zero-order valence-corrected chi connectivity index (χ0v) is 20.7. The fourth-order valence-electron chi connectivity index (χ4n) is 3.67. The molecule has 0 saturated heterocycles. The Kier molecular flexibility index (Phi) is 7.80. The lowest BCUT2D eigenvalue weighted by Gasteiger charge is -2.40. The lowest BCUT2D eigenvalue weighted by Crippen LogP contribution is -2.61. The zero-order valence-electron chi connectivity index (χ0n) is 18.1. The van der Waals surface area contributed by atoms with Gasteiger partial charge in [0.25, 0.3) is 0 Å². The standard InChI is InChI=1S/C22H15F9O3P2S/c23-19(24,21(27,28)29)20(25,26)22(30,31)35(37(32,33)34)36(16-10-4-1-5-11-16,17-12-6-2-7-13-17)18-14-8-3-9-15-18/h1-15H/p+1. The number of halogens is 9. The molecule has 0 fully saturated rings. The normalized spacial score (nSPS) is 14.9. The minimum absolute atomic E-state index is 0.373. The first kappa shape index (κ1) is 29.4. The molecule has 0 aliphatic heterocycles. The summed E-state index contributed by atoms with van der Waals surface area (Å²) in [5.41, 5.74) is -6.59. The maximum absolute atomic E-state index is 15.7. The second-order valence-electron chi connectivity index (χ2n) is 7.55. The van der Waals surface area contributed by atoms with Crippen molar-refractivity contribution in [2.24, 2.45) is 0 Å². The molecule has 0 aromatic heterocycles. The van der Waals surface area contributed by atoms with Gasteiger partial charge in [0, 0.05) is 0 Å². The molecule has 37 heavy (non-hydrogen) atoms. The number of hydrogen-bond donors (Lipinski definition) is 1.